The van der Waals surface area contributed by atoms with E-state index in [1.54, 1.807) is 6.07 Å². The lowest BCUT2D eigenvalue weighted by Crippen LogP contribution is -2.46. The second-order valence-corrected chi connectivity index (χ2v) is 7.43. The van der Waals surface area contributed by atoms with Gasteiger partial charge < -0.3 is 14.6 Å². The number of carboxylic acids is 1. The minimum Gasteiger partial charge on any atom is -0.480 e. The fourth-order valence-electron chi connectivity index (χ4n) is 2.52. The van der Waals surface area contributed by atoms with Crippen LogP contribution < -0.4 is 0 Å². The van der Waals surface area contributed by atoms with Crippen molar-refractivity contribution in [1.29, 1.82) is 0 Å². The predicted octanol–water partition coefficient (Wildman–Crippen LogP) is 3.21. The van der Waals surface area contributed by atoms with Crippen LogP contribution in [0.2, 0.25) is 0 Å². The molecule has 2 unspecified atom stereocenters. The SMILES string of the molecule is CCC1SCC(C(=O)O)N1C(=O)c1cc(Br)cn1C(C)C. The van der Waals surface area contributed by atoms with Crippen molar-refractivity contribution >= 4 is 39.6 Å². The molecule has 2 rings (SSSR count). The fraction of sp³-hybridized carbons (Fsp3) is 0.571. The largest absolute Gasteiger partial charge is 0.480 e. The van der Waals surface area contributed by atoms with Gasteiger partial charge in [-0.25, -0.2) is 4.79 Å². The van der Waals surface area contributed by atoms with Crippen LogP contribution in [-0.2, 0) is 4.79 Å². The van der Waals surface area contributed by atoms with E-state index in [9.17, 15) is 14.7 Å². The fourth-order valence-corrected chi connectivity index (χ4v) is 4.30. The summed E-state index contributed by atoms with van der Waals surface area (Å²) in [6.07, 6.45) is 2.60. The van der Waals surface area contributed by atoms with Gasteiger partial charge in [-0.15, -0.1) is 11.8 Å². The van der Waals surface area contributed by atoms with Gasteiger partial charge >= 0.3 is 5.97 Å². The number of carboxylic acid groups (broad SMARTS) is 1. The number of aromatic nitrogens is 1. The lowest BCUT2D eigenvalue weighted by Gasteiger charge is -2.27. The molecule has 1 amide bonds. The third-order valence-electron chi connectivity index (χ3n) is 3.55. The minimum atomic E-state index is -0.937. The monoisotopic (exact) mass is 374 g/mol. The highest BCUT2D eigenvalue weighted by atomic mass is 79.9. The summed E-state index contributed by atoms with van der Waals surface area (Å²) in [5.41, 5.74) is 0.532. The second kappa shape index (κ2) is 6.44. The van der Waals surface area contributed by atoms with Gasteiger partial charge in [0, 0.05) is 22.5 Å². The molecule has 2 heterocycles. The number of amides is 1. The molecule has 0 bridgehead atoms. The first-order chi connectivity index (χ1) is 9.86. The third-order valence-corrected chi connectivity index (χ3v) is 5.44. The van der Waals surface area contributed by atoms with Crippen LogP contribution in [0.15, 0.2) is 16.7 Å². The van der Waals surface area contributed by atoms with E-state index in [2.05, 4.69) is 15.9 Å². The Kier molecular flexibility index (Phi) is 5.03. The highest BCUT2D eigenvalue weighted by Gasteiger charge is 2.41. The van der Waals surface area contributed by atoms with Crippen LogP contribution in [0.1, 0.15) is 43.7 Å². The molecule has 0 radical (unpaired) electrons. The number of hydrogen-bond acceptors (Lipinski definition) is 3. The number of carbonyl (C=O) groups excluding carboxylic acids is 1. The Morgan fingerprint density at radius 3 is 2.71 bits per heavy atom. The Morgan fingerprint density at radius 1 is 1.52 bits per heavy atom. The normalized spacial score (nSPS) is 22.0. The van der Waals surface area contributed by atoms with Gasteiger partial charge in [0.15, 0.2) is 0 Å². The molecule has 0 spiro atoms. The van der Waals surface area contributed by atoms with Crippen LogP contribution in [0, 0.1) is 0 Å². The van der Waals surface area contributed by atoms with Crippen molar-refractivity contribution in [3.63, 3.8) is 0 Å². The molecule has 2 atom stereocenters. The van der Waals surface area contributed by atoms with Crippen molar-refractivity contribution in [2.24, 2.45) is 0 Å². The zero-order valence-corrected chi connectivity index (χ0v) is 14.6. The third kappa shape index (κ3) is 3.13. The highest BCUT2D eigenvalue weighted by Crippen LogP contribution is 2.33. The van der Waals surface area contributed by atoms with Gasteiger partial charge in [0.05, 0.1) is 5.37 Å². The molecule has 1 aromatic rings. The number of halogens is 1. The molecule has 21 heavy (non-hydrogen) atoms. The van der Waals surface area contributed by atoms with Crippen molar-refractivity contribution in [3.8, 4) is 0 Å². The molecule has 116 valence electrons. The summed E-state index contributed by atoms with van der Waals surface area (Å²) in [4.78, 5) is 25.8. The van der Waals surface area contributed by atoms with Crippen LogP contribution >= 0.6 is 27.7 Å². The summed E-state index contributed by atoms with van der Waals surface area (Å²) in [6, 6.07) is 1.15. The Labute approximate surface area is 136 Å². The van der Waals surface area contributed by atoms with E-state index in [1.165, 1.54) is 16.7 Å². The van der Waals surface area contributed by atoms with Crippen LogP contribution in [0.3, 0.4) is 0 Å². The zero-order valence-electron chi connectivity index (χ0n) is 12.2. The van der Waals surface area contributed by atoms with E-state index < -0.39 is 12.0 Å². The lowest BCUT2D eigenvalue weighted by atomic mass is 10.2. The summed E-state index contributed by atoms with van der Waals surface area (Å²) in [5, 5.41) is 9.28. The maximum atomic E-state index is 12.9. The molecule has 1 fully saturated rings. The van der Waals surface area contributed by atoms with E-state index in [1.807, 2.05) is 31.5 Å². The summed E-state index contributed by atoms with van der Waals surface area (Å²) < 4.78 is 2.70. The van der Waals surface area contributed by atoms with E-state index in [0.717, 1.165) is 10.9 Å². The van der Waals surface area contributed by atoms with Gasteiger partial charge in [-0.3, -0.25) is 4.79 Å². The van der Waals surface area contributed by atoms with E-state index in [0.29, 0.717) is 11.4 Å². The standard InChI is InChI=1S/C14H19BrN2O3S/c1-4-12-17(11(7-21-12)14(19)20)13(18)10-5-9(15)6-16(10)8(2)3/h5-6,8,11-12H,4,7H2,1-3H3,(H,19,20). The van der Waals surface area contributed by atoms with Crippen molar-refractivity contribution in [1.82, 2.24) is 9.47 Å². The Morgan fingerprint density at radius 2 is 2.19 bits per heavy atom. The minimum absolute atomic E-state index is 0.0760. The van der Waals surface area contributed by atoms with E-state index >= 15 is 0 Å². The Hall–Kier alpha value is -0.950. The molecular formula is C14H19BrN2O3S. The molecule has 1 aliphatic heterocycles. The first-order valence-corrected chi connectivity index (χ1v) is 8.75. The van der Waals surface area contributed by atoms with Gasteiger partial charge in [0.2, 0.25) is 0 Å². The van der Waals surface area contributed by atoms with Gasteiger partial charge in [-0.05, 0) is 42.3 Å². The van der Waals surface area contributed by atoms with Crippen LogP contribution in [-0.4, -0.2) is 43.6 Å². The summed E-state index contributed by atoms with van der Waals surface area (Å²) in [5.74, 6) is -0.699. The summed E-state index contributed by atoms with van der Waals surface area (Å²) >= 11 is 4.93. The van der Waals surface area contributed by atoms with Crippen LogP contribution in [0.4, 0.5) is 0 Å². The Balaban J connectivity index is 2.39. The summed E-state index contributed by atoms with van der Waals surface area (Å²) in [7, 11) is 0. The van der Waals surface area contributed by atoms with Gasteiger partial charge in [0.1, 0.15) is 11.7 Å². The van der Waals surface area contributed by atoms with Crippen LogP contribution in [0.5, 0.6) is 0 Å². The Bertz CT molecular complexity index is 558. The number of carbonyl (C=O) groups is 2. The molecular weight excluding hydrogens is 356 g/mol. The maximum absolute atomic E-state index is 12.9. The quantitative estimate of drug-likeness (QED) is 0.878. The van der Waals surface area contributed by atoms with E-state index in [-0.39, 0.29) is 17.3 Å². The summed E-state index contributed by atoms with van der Waals surface area (Å²) in [6.45, 7) is 5.96. The van der Waals surface area contributed by atoms with Crippen molar-refractivity contribution in [3.05, 3.63) is 22.4 Å². The number of thioether (sulfide) groups is 1. The average Bonchev–Trinajstić information content (AvgIpc) is 3.00. The lowest BCUT2D eigenvalue weighted by molar-refractivity contribution is -0.141. The molecule has 0 aromatic carbocycles. The van der Waals surface area contributed by atoms with Gasteiger partial charge in [0.25, 0.3) is 5.91 Å². The van der Waals surface area contributed by atoms with Crippen molar-refractivity contribution in [2.45, 2.75) is 44.6 Å². The van der Waals surface area contributed by atoms with Crippen molar-refractivity contribution < 1.29 is 14.7 Å². The molecule has 7 heteroatoms. The van der Waals surface area contributed by atoms with Gasteiger partial charge in [-0.2, -0.15) is 0 Å². The first kappa shape index (κ1) is 16.4. The average molecular weight is 375 g/mol. The molecule has 1 aliphatic rings. The number of aliphatic carboxylic acids is 1. The molecule has 1 saturated heterocycles. The predicted molar refractivity (Wildman–Crippen MR) is 86.6 cm³/mol. The molecule has 1 N–H and O–H groups in total. The zero-order chi connectivity index (χ0) is 15.7. The molecule has 0 aliphatic carbocycles. The van der Waals surface area contributed by atoms with Gasteiger partial charge in [-0.1, -0.05) is 6.92 Å². The van der Waals surface area contributed by atoms with Crippen molar-refractivity contribution in [2.75, 3.05) is 5.75 Å². The van der Waals surface area contributed by atoms with E-state index in [4.69, 9.17) is 0 Å². The van der Waals surface area contributed by atoms with Crippen LogP contribution in [0.25, 0.3) is 0 Å². The smallest absolute Gasteiger partial charge is 0.327 e. The molecule has 1 aromatic heterocycles. The topological polar surface area (TPSA) is 62.5 Å². The number of nitrogens with zero attached hydrogens (tertiary/aromatic N) is 2. The first-order valence-electron chi connectivity index (χ1n) is 6.91. The maximum Gasteiger partial charge on any atom is 0.327 e. The molecule has 0 saturated carbocycles. The number of rotatable bonds is 4. The highest BCUT2D eigenvalue weighted by molar-refractivity contribution is 9.10. The second-order valence-electron chi connectivity index (χ2n) is 5.31. The molecule has 5 nitrogen and oxygen atoms in total. The number of hydrogen-bond donors (Lipinski definition) is 1.